The highest BCUT2D eigenvalue weighted by Crippen LogP contribution is 2.57. The second-order valence-electron chi connectivity index (χ2n) is 19.4. The number of nitrogens with zero attached hydrogens (tertiary/aromatic N) is 3. The lowest BCUT2D eigenvalue weighted by Crippen LogP contribution is -2.28. The van der Waals surface area contributed by atoms with Crippen molar-refractivity contribution in [3.05, 3.63) is 283 Å². The first-order valence-electron chi connectivity index (χ1n) is 25.4. The van der Waals surface area contributed by atoms with E-state index >= 15 is 0 Å². The molecule has 14 aromatic rings. The van der Waals surface area contributed by atoms with Crippen LogP contribution in [0, 0.1) is 0 Å². The van der Waals surface area contributed by atoms with Gasteiger partial charge < -0.3 is 8.83 Å². The summed E-state index contributed by atoms with van der Waals surface area (Å²) in [7, 11) is 0. The fourth-order valence-electron chi connectivity index (χ4n) is 11.8. The molecule has 1 aliphatic rings. The van der Waals surface area contributed by atoms with Gasteiger partial charge in [-0.05, 0) is 109 Å². The lowest BCUT2D eigenvalue weighted by molar-refractivity contribution is 0.668. The van der Waals surface area contributed by atoms with Crippen LogP contribution in [0.1, 0.15) is 22.3 Å². The molecule has 0 radical (unpaired) electrons. The molecule has 0 atom stereocenters. The summed E-state index contributed by atoms with van der Waals surface area (Å²) in [5.74, 6) is 1.68. The van der Waals surface area contributed by atoms with Crippen LogP contribution >= 0.6 is 0 Å². The highest BCUT2D eigenvalue weighted by Gasteiger charge is 2.46. The topological polar surface area (TPSA) is 65.0 Å². The van der Waals surface area contributed by atoms with Gasteiger partial charge in [0.2, 0.25) is 0 Å². The van der Waals surface area contributed by atoms with Gasteiger partial charge in [0.15, 0.2) is 17.5 Å². The lowest BCUT2D eigenvalue weighted by Gasteiger charge is -2.34. The molecule has 75 heavy (non-hydrogen) atoms. The monoisotopic (exact) mass is 957 g/mol. The fraction of sp³-hybridized carbons (Fsp3) is 0.0143. The van der Waals surface area contributed by atoms with E-state index in [2.05, 4.69) is 212 Å². The third kappa shape index (κ3) is 6.82. The number of hydrogen-bond acceptors (Lipinski definition) is 5. The molecule has 15 rings (SSSR count). The van der Waals surface area contributed by atoms with E-state index in [1.165, 1.54) is 38.9 Å². The molecule has 3 aromatic heterocycles. The van der Waals surface area contributed by atoms with Crippen molar-refractivity contribution >= 4 is 43.9 Å². The molecule has 11 aromatic carbocycles. The molecule has 0 unspecified atom stereocenters. The number of furan rings is 2. The maximum atomic E-state index is 6.63. The van der Waals surface area contributed by atoms with Crippen LogP contribution in [-0.2, 0) is 5.41 Å². The molecule has 5 heteroatoms. The quantitative estimate of drug-likeness (QED) is 0.152. The third-order valence-corrected chi connectivity index (χ3v) is 15.3. The van der Waals surface area contributed by atoms with Crippen LogP contribution in [0.4, 0.5) is 0 Å². The molecule has 3 heterocycles. The van der Waals surface area contributed by atoms with E-state index in [0.29, 0.717) is 17.5 Å². The second-order valence-corrected chi connectivity index (χ2v) is 19.4. The van der Waals surface area contributed by atoms with Gasteiger partial charge in [0.05, 0.1) is 5.41 Å². The van der Waals surface area contributed by atoms with Crippen molar-refractivity contribution in [2.75, 3.05) is 0 Å². The first-order chi connectivity index (χ1) is 37.2. The van der Waals surface area contributed by atoms with Gasteiger partial charge in [-0.1, -0.05) is 218 Å². The summed E-state index contributed by atoms with van der Waals surface area (Å²) in [4.78, 5) is 15.9. The summed E-state index contributed by atoms with van der Waals surface area (Å²) in [5.41, 5.74) is 19.6. The van der Waals surface area contributed by atoms with Crippen molar-refractivity contribution in [1.29, 1.82) is 0 Å². The predicted molar refractivity (Wildman–Crippen MR) is 304 cm³/mol. The van der Waals surface area contributed by atoms with Crippen LogP contribution in [0.15, 0.2) is 270 Å². The van der Waals surface area contributed by atoms with E-state index in [-0.39, 0.29) is 0 Å². The van der Waals surface area contributed by atoms with E-state index in [0.717, 1.165) is 88.4 Å². The predicted octanol–water partition coefficient (Wildman–Crippen LogP) is 18.0. The minimum Gasteiger partial charge on any atom is -0.456 e. The Morgan fingerprint density at radius 2 is 0.693 bits per heavy atom. The van der Waals surface area contributed by atoms with Gasteiger partial charge in [-0.2, -0.15) is 0 Å². The van der Waals surface area contributed by atoms with Crippen LogP contribution in [0.5, 0.6) is 0 Å². The maximum absolute atomic E-state index is 6.63. The van der Waals surface area contributed by atoms with E-state index in [9.17, 15) is 0 Å². The number of rotatable bonds is 8. The van der Waals surface area contributed by atoms with Crippen molar-refractivity contribution in [3.8, 4) is 78.7 Å². The molecule has 0 amide bonds. The van der Waals surface area contributed by atoms with Gasteiger partial charge in [0.25, 0.3) is 0 Å². The van der Waals surface area contributed by atoms with Gasteiger partial charge in [0, 0.05) is 38.2 Å². The second kappa shape index (κ2) is 17.1. The smallest absolute Gasteiger partial charge is 0.164 e. The Labute approximate surface area is 432 Å². The fourth-order valence-corrected chi connectivity index (χ4v) is 11.8. The van der Waals surface area contributed by atoms with Crippen molar-refractivity contribution in [1.82, 2.24) is 15.0 Å². The van der Waals surface area contributed by atoms with Gasteiger partial charge in [-0.25, -0.2) is 15.0 Å². The standard InChI is InChI=1S/C70H43N3O2/c1-4-17-44(18-5-1)47-19-14-20-50(41-47)67-71-68(56-27-15-31-63-65(56)55-26-11-13-30-61(55)74-63)73-69(72-67)57-28-16-32-64-66(57)58-42-48(38-40-62(58)75-64)45-33-35-46(36-34-45)49-37-39-54-53-25-10-12-29-59(53)70(60(54)43-49,51-21-6-2-7-22-51)52-23-8-3-9-24-52/h1-43H. The summed E-state index contributed by atoms with van der Waals surface area (Å²) in [6.45, 7) is 0. The van der Waals surface area contributed by atoms with Crippen molar-refractivity contribution in [2.24, 2.45) is 0 Å². The maximum Gasteiger partial charge on any atom is 0.164 e. The number of benzene rings is 11. The molecular weight excluding hydrogens is 915 g/mol. The van der Waals surface area contributed by atoms with E-state index in [1.807, 2.05) is 48.5 Å². The van der Waals surface area contributed by atoms with Crippen LogP contribution in [0.3, 0.4) is 0 Å². The molecule has 0 spiro atoms. The molecule has 0 saturated carbocycles. The van der Waals surface area contributed by atoms with Crippen molar-refractivity contribution in [3.63, 3.8) is 0 Å². The summed E-state index contributed by atoms with van der Waals surface area (Å²) in [5, 5.41) is 3.90. The zero-order valence-electron chi connectivity index (χ0n) is 40.5. The normalized spacial score (nSPS) is 12.6. The van der Waals surface area contributed by atoms with Crippen LogP contribution < -0.4 is 0 Å². The minimum atomic E-state index is -0.466. The van der Waals surface area contributed by atoms with E-state index in [1.54, 1.807) is 0 Å². The number of fused-ring (bicyclic) bond motifs is 9. The summed E-state index contributed by atoms with van der Waals surface area (Å²) < 4.78 is 13.0. The van der Waals surface area contributed by atoms with E-state index in [4.69, 9.17) is 23.8 Å². The van der Waals surface area contributed by atoms with Crippen molar-refractivity contribution in [2.45, 2.75) is 5.41 Å². The van der Waals surface area contributed by atoms with Gasteiger partial charge in [-0.3, -0.25) is 0 Å². The van der Waals surface area contributed by atoms with E-state index < -0.39 is 5.41 Å². The SMILES string of the molecule is c1ccc(-c2cccc(-c3nc(-c4cccc5oc6ccccc6c45)nc(-c4cccc5oc6ccc(-c7ccc(-c8ccc9c(c8)C(c8ccccc8)(c8ccccc8)c8ccccc8-9)cc7)cc6c45)n3)c2)cc1. The molecule has 0 saturated heterocycles. The number of para-hydroxylation sites is 1. The van der Waals surface area contributed by atoms with Crippen LogP contribution in [0.25, 0.3) is 123 Å². The first kappa shape index (κ1) is 42.7. The first-order valence-corrected chi connectivity index (χ1v) is 25.4. The Bertz CT molecular complexity index is 4480. The summed E-state index contributed by atoms with van der Waals surface area (Å²) in [6, 6.07) is 92.5. The van der Waals surface area contributed by atoms with Gasteiger partial charge in [-0.15, -0.1) is 0 Å². The molecule has 0 bridgehead atoms. The Kier molecular flexibility index (Phi) is 9.72. The molecule has 0 aliphatic heterocycles. The largest absolute Gasteiger partial charge is 0.456 e. The Morgan fingerprint density at radius 3 is 1.39 bits per heavy atom. The summed E-state index contributed by atoms with van der Waals surface area (Å²) in [6.07, 6.45) is 0. The number of hydrogen-bond donors (Lipinski definition) is 0. The van der Waals surface area contributed by atoms with Crippen LogP contribution in [-0.4, -0.2) is 15.0 Å². The molecular formula is C70H43N3O2. The summed E-state index contributed by atoms with van der Waals surface area (Å²) >= 11 is 0. The minimum absolute atomic E-state index is 0.466. The zero-order chi connectivity index (χ0) is 49.5. The number of aromatic nitrogens is 3. The van der Waals surface area contributed by atoms with Gasteiger partial charge >= 0.3 is 0 Å². The highest BCUT2D eigenvalue weighted by molar-refractivity contribution is 6.14. The zero-order valence-corrected chi connectivity index (χ0v) is 40.5. The highest BCUT2D eigenvalue weighted by atomic mass is 16.3. The Balaban J connectivity index is 0.850. The average molecular weight is 958 g/mol. The van der Waals surface area contributed by atoms with Gasteiger partial charge in [0.1, 0.15) is 22.3 Å². The lowest BCUT2D eigenvalue weighted by atomic mass is 9.67. The third-order valence-electron chi connectivity index (χ3n) is 15.3. The molecule has 0 N–H and O–H groups in total. The molecule has 0 fully saturated rings. The van der Waals surface area contributed by atoms with Crippen LogP contribution in [0.2, 0.25) is 0 Å². The Morgan fingerprint density at radius 1 is 0.253 bits per heavy atom. The van der Waals surface area contributed by atoms with Crippen molar-refractivity contribution < 1.29 is 8.83 Å². The molecule has 5 nitrogen and oxygen atoms in total. The molecule has 1 aliphatic carbocycles. The average Bonchev–Trinajstić information content (AvgIpc) is 4.16. The molecule has 350 valence electrons. The Hall–Kier alpha value is -9.97.